The summed E-state index contributed by atoms with van der Waals surface area (Å²) in [7, 11) is 0. The number of aryl methyl sites for hydroxylation is 1. The van der Waals surface area contributed by atoms with Crippen LogP contribution in [0.2, 0.25) is 0 Å². The minimum atomic E-state index is -0.753. The third-order valence-corrected chi connectivity index (χ3v) is 3.71. The second-order valence-corrected chi connectivity index (χ2v) is 5.95. The minimum Gasteiger partial charge on any atom is -0.388 e. The summed E-state index contributed by atoms with van der Waals surface area (Å²) in [6, 6.07) is 5.85. The smallest absolute Gasteiger partial charge is 0.256 e. The van der Waals surface area contributed by atoms with Crippen LogP contribution < -0.4 is 5.32 Å². The molecule has 4 heteroatoms. The van der Waals surface area contributed by atoms with E-state index in [4.69, 9.17) is 0 Å². The second kappa shape index (κ2) is 5.83. The molecule has 0 bridgehead atoms. The van der Waals surface area contributed by atoms with Crippen LogP contribution >= 0.6 is 0 Å². The lowest BCUT2D eigenvalue weighted by atomic mass is 10.1. The van der Waals surface area contributed by atoms with E-state index in [0.29, 0.717) is 25.1 Å². The van der Waals surface area contributed by atoms with Crippen LogP contribution in [0.15, 0.2) is 18.2 Å². The molecule has 1 atom stereocenters. The highest BCUT2D eigenvalue weighted by molar-refractivity contribution is 6.00. The molecule has 1 unspecified atom stereocenters. The van der Waals surface area contributed by atoms with Crippen LogP contribution in [-0.4, -0.2) is 41.1 Å². The molecule has 0 radical (unpaired) electrons. The number of benzene rings is 1. The zero-order chi connectivity index (χ0) is 14.8. The first kappa shape index (κ1) is 14.9. The van der Waals surface area contributed by atoms with Gasteiger partial charge in [0.25, 0.3) is 5.91 Å². The maximum Gasteiger partial charge on any atom is 0.256 e. The van der Waals surface area contributed by atoms with E-state index in [1.54, 1.807) is 11.8 Å². The van der Waals surface area contributed by atoms with Crippen molar-refractivity contribution in [2.45, 2.75) is 39.2 Å². The highest BCUT2D eigenvalue weighted by atomic mass is 16.3. The molecule has 1 fully saturated rings. The van der Waals surface area contributed by atoms with Crippen LogP contribution in [0.25, 0.3) is 0 Å². The molecular weight excluding hydrogens is 252 g/mol. The second-order valence-electron chi connectivity index (χ2n) is 5.95. The summed E-state index contributed by atoms with van der Waals surface area (Å²) in [6.07, 6.45) is 1.66. The summed E-state index contributed by atoms with van der Waals surface area (Å²) in [5.41, 5.74) is 1.97. The largest absolute Gasteiger partial charge is 0.388 e. The normalized spacial score (nSPS) is 22.1. The fourth-order valence-corrected chi connectivity index (χ4v) is 2.54. The Balaban J connectivity index is 2.21. The van der Waals surface area contributed by atoms with Gasteiger partial charge in [0, 0.05) is 25.3 Å². The fourth-order valence-electron chi connectivity index (χ4n) is 2.54. The van der Waals surface area contributed by atoms with E-state index in [9.17, 15) is 9.90 Å². The molecule has 110 valence electrons. The Hall–Kier alpha value is -1.55. The topological polar surface area (TPSA) is 52.6 Å². The summed E-state index contributed by atoms with van der Waals surface area (Å²) < 4.78 is 0. The van der Waals surface area contributed by atoms with Gasteiger partial charge in [-0.2, -0.15) is 0 Å². The Kier molecular flexibility index (Phi) is 4.33. The summed E-state index contributed by atoms with van der Waals surface area (Å²) in [5, 5.41) is 13.3. The van der Waals surface area contributed by atoms with Crippen molar-refractivity contribution in [3.8, 4) is 0 Å². The molecule has 1 heterocycles. The summed E-state index contributed by atoms with van der Waals surface area (Å²) in [5.74, 6) is 0.00128. The first-order valence-electron chi connectivity index (χ1n) is 7.29. The monoisotopic (exact) mass is 276 g/mol. The molecule has 1 aromatic carbocycles. The number of carbonyl (C=O) groups is 1. The minimum absolute atomic E-state index is 0.00128. The van der Waals surface area contributed by atoms with Crippen molar-refractivity contribution in [3.05, 3.63) is 29.3 Å². The van der Waals surface area contributed by atoms with Gasteiger partial charge in [-0.05, 0) is 44.4 Å². The molecule has 1 aliphatic rings. The molecule has 2 N–H and O–H groups in total. The Morgan fingerprint density at radius 1 is 1.50 bits per heavy atom. The van der Waals surface area contributed by atoms with E-state index < -0.39 is 5.60 Å². The number of carbonyl (C=O) groups excluding carboxylic acids is 1. The van der Waals surface area contributed by atoms with Gasteiger partial charge in [-0.1, -0.05) is 13.0 Å². The van der Waals surface area contributed by atoms with E-state index in [1.165, 1.54) is 0 Å². The van der Waals surface area contributed by atoms with Gasteiger partial charge in [-0.25, -0.2) is 0 Å². The quantitative estimate of drug-likeness (QED) is 0.888. The lowest BCUT2D eigenvalue weighted by Crippen LogP contribution is -2.34. The van der Waals surface area contributed by atoms with Crippen molar-refractivity contribution in [2.24, 2.45) is 0 Å². The molecule has 1 aromatic rings. The molecule has 0 aliphatic carbocycles. The standard InChI is InChI=1S/C16H24N2O2/c1-4-8-17-14-10-12(2)5-6-13(14)15(19)18-9-7-16(3,20)11-18/h5-6,10,17,20H,4,7-9,11H2,1-3H3. The van der Waals surface area contributed by atoms with Gasteiger partial charge in [-0.15, -0.1) is 0 Å². The maximum atomic E-state index is 12.6. The number of rotatable bonds is 4. The van der Waals surface area contributed by atoms with Crippen molar-refractivity contribution in [1.29, 1.82) is 0 Å². The summed E-state index contributed by atoms with van der Waals surface area (Å²) in [6.45, 7) is 7.78. The number of amides is 1. The van der Waals surface area contributed by atoms with Gasteiger partial charge in [0.1, 0.15) is 0 Å². The van der Waals surface area contributed by atoms with Crippen LogP contribution in [0, 0.1) is 6.92 Å². The third-order valence-electron chi connectivity index (χ3n) is 3.71. The Morgan fingerprint density at radius 3 is 2.85 bits per heavy atom. The molecule has 0 aromatic heterocycles. The fraction of sp³-hybridized carbons (Fsp3) is 0.562. The maximum absolute atomic E-state index is 12.6. The lowest BCUT2D eigenvalue weighted by molar-refractivity contribution is 0.0572. The highest BCUT2D eigenvalue weighted by Gasteiger charge is 2.34. The number of aliphatic hydroxyl groups is 1. The number of hydrogen-bond acceptors (Lipinski definition) is 3. The predicted molar refractivity (Wildman–Crippen MR) is 81.1 cm³/mol. The third kappa shape index (κ3) is 3.31. The molecule has 20 heavy (non-hydrogen) atoms. The van der Waals surface area contributed by atoms with Crippen molar-refractivity contribution in [2.75, 3.05) is 25.0 Å². The van der Waals surface area contributed by atoms with Gasteiger partial charge in [-0.3, -0.25) is 4.79 Å². The van der Waals surface area contributed by atoms with Crippen LogP contribution in [0.4, 0.5) is 5.69 Å². The van der Waals surface area contributed by atoms with Gasteiger partial charge in [0.2, 0.25) is 0 Å². The van der Waals surface area contributed by atoms with Gasteiger partial charge < -0.3 is 15.3 Å². The Bertz CT molecular complexity index is 497. The highest BCUT2D eigenvalue weighted by Crippen LogP contribution is 2.25. The van der Waals surface area contributed by atoms with Crippen molar-refractivity contribution in [1.82, 2.24) is 4.90 Å². The van der Waals surface area contributed by atoms with Gasteiger partial charge in [0.05, 0.1) is 11.2 Å². The molecule has 0 spiro atoms. The van der Waals surface area contributed by atoms with E-state index in [0.717, 1.165) is 24.2 Å². The number of nitrogens with one attached hydrogen (secondary N) is 1. The molecule has 1 aliphatic heterocycles. The van der Waals surface area contributed by atoms with Crippen molar-refractivity contribution >= 4 is 11.6 Å². The average Bonchev–Trinajstić information content (AvgIpc) is 2.76. The molecule has 1 amide bonds. The van der Waals surface area contributed by atoms with Crippen LogP contribution in [0.1, 0.15) is 42.6 Å². The van der Waals surface area contributed by atoms with Crippen molar-refractivity contribution < 1.29 is 9.90 Å². The predicted octanol–water partition coefficient (Wildman–Crippen LogP) is 2.41. The number of β-amino-alcohol motifs (C(OH)–C–C–N with tert-alkyl or cyclic N) is 1. The molecule has 4 nitrogen and oxygen atoms in total. The molecular formula is C16H24N2O2. The summed E-state index contributed by atoms with van der Waals surface area (Å²) >= 11 is 0. The molecule has 2 rings (SSSR count). The van der Waals surface area contributed by atoms with E-state index in [-0.39, 0.29) is 5.91 Å². The van der Waals surface area contributed by atoms with Crippen LogP contribution in [-0.2, 0) is 0 Å². The molecule has 0 saturated carbocycles. The molecule has 1 saturated heterocycles. The summed E-state index contributed by atoms with van der Waals surface area (Å²) in [4.78, 5) is 14.3. The first-order valence-corrected chi connectivity index (χ1v) is 7.29. The number of hydrogen-bond donors (Lipinski definition) is 2. The van der Waals surface area contributed by atoms with Gasteiger partial charge >= 0.3 is 0 Å². The number of nitrogens with zero attached hydrogens (tertiary/aromatic N) is 1. The lowest BCUT2D eigenvalue weighted by Gasteiger charge is -2.21. The Morgan fingerprint density at radius 2 is 2.25 bits per heavy atom. The SMILES string of the molecule is CCCNc1cc(C)ccc1C(=O)N1CCC(C)(O)C1. The zero-order valence-corrected chi connectivity index (χ0v) is 12.6. The van der Waals surface area contributed by atoms with Gasteiger partial charge in [0.15, 0.2) is 0 Å². The van der Waals surface area contributed by atoms with E-state index in [1.807, 2.05) is 25.1 Å². The average molecular weight is 276 g/mol. The van der Waals surface area contributed by atoms with Crippen molar-refractivity contribution in [3.63, 3.8) is 0 Å². The van der Waals surface area contributed by atoms with Crippen LogP contribution in [0.3, 0.4) is 0 Å². The Labute approximate surface area is 120 Å². The zero-order valence-electron chi connectivity index (χ0n) is 12.6. The number of anilines is 1. The van der Waals surface area contributed by atoms with E-state index >= 15 is 0 Å². The van der Waals surface area contributed by atoms with E-state index in [2.05, 4.69) is 12.2 Å². The first-order chi connectivity index (χ1) is 9.43. The van der Waals surface area contributed by atoms with Crippen LogP contribution in [0.5, 0.6) is 0 Å². The number of likely N-dealkylation sites (tertiary alicyclic amines) is 1.